The summed E-state index contributed by atoms with van der Waals surface area (Å²) in [6.07, 6.45) is 1.07. The quantitative estimate of drug-likeness (QED) is 0.724. The van der Waals surface area contributed by atoms with Crippen molar-refractivity contribution in [2.75, 3.05) is 18.4 Å². The van der Waals surface area contributed by atoms with E-state index in [9.17, 15) is 4.79 Å². The van der Waals surface area contributed by atoms with Crippen molar-refractivity contribution in [3.05, 3.63) is 63.6 Å². The molecule has 4 nitrogen and oxygen atoms in total. The minimum absolute atomic E-state index is 0. The molecule has 0 aliphatic carbocycles. The van der Waals surface area contributed by atoms with E-state index in [0.717, 1.165) is 30.3 Å². The molecule has 0 radical (unpaired) electrons. The summed E-state index contributed by atoms with van der Waals surface area (Å²) >= 11 is 11.9. The number of aliphatic imine (C=N–C) groups is 1. The average Bonchev–Trinajstić information content (AvgIpc) is 3.07. The van der Waals surface area contributed by atoms with E-state index in [1.807, 2.05) is 24.3 Å². The van der Waals surface area contributed by atoms with Crippen LogP contribution in [-0.4, -0.2) is 24.8 Å². The molecule has 0 aromatic heterocycles. The Kier molecular flexibility index (Phi) is 7.12. The van der Waals surface area contributed by atoms with Crippen molar-refractivity contribution in [2.24, 2.45) is 4.99 Å². The molecule has 0 unspecified atom stereocenters. The molecule has 2 aromatic carbocycles. The minimum atomic E-state index is 0. The number of anilines is 1. The zero-order valence-corrected chi connectivity index (χ0v) is 15.7. The third-order valence-corrected chi connectivity index (χ3v) is 4.31. The molecular formula is C18H18Cl3N3O. The van der Waals surface area contributed by atoms with Crippen LogP contribution in [-0.2, 0) is 6.42 Å². The summed E-state index contributed by atoms with van der Waals surface area (Å²) in [5, 5.41) is 7.30. The molecule has 7 heteroatoms. The van der Waals surface area contributed by atoms with Gasteiger partial charge in [-0.1, -0.05) is 35.3 Å². The van der Waals surface area contributed by atoms with Crippen molar-refractivity contribution in [3.63, 3.8) is 0 Å². The SMILES string of the molecule is Cl.O=C(CCc1ccc(NC2=NCCN2)cc1)c1ccc(Cl)cc1Cl. The highest BCUT2D eigenvalue weighted by Gasteiger charge is 2.11. The third-order valence-electron chi connectivity index (χ3n) is 3.76. The van der Waals surface area contributed by atoms with Gasteiger partial charge in [0.1, 0.15) is 0 Å². The Bertz CT molecular complexity index is 776. The zero-order chi connectivity index (χ0) is 16.9. The molecule has 2 aromatic rings. The van der Waals surface area contributed by atoms with Crippen LogP contribution in [0, 0.1) is 0 Å². The highest BCUT2D eigenvalue weighted by molar-refractivity contribution is 6.36. The summed E-state index contributed by atoms with van der Waals surface area (Å²) in [4.78, 5) is 16.6. The number of carbonyl (C=O) groups excluding carboxylic acids is 1. The molecule has 0 saturated heterocycles. The summed E-state index contributed by atoms with van der Waals surface area (Å²) in [5.74, 6) is 0.818. The Morgan fingerprint density at radius 2 is 1.92 bits per heavy atom. The number of hydrogen-bond donors (Lipinski definition) is 2. The lowest BCUT2D eigenvalue weighted by molar-refractivity contribution is 0.0983. The molecule has 0 amide bonds. The standard InChI is InChI=1S/C18H17Cl2N3O.ClH/c19-13-4-7-15(16(20)11-13)17(24)8-3-12-1-5-14(6-2-12)23-18-21-9-10-22-18;/h1-2,4-7,11H,3,8-10H2,(H2,21,22,23);1H. The lowest BCUT2D eigenvalue weighted by Gasteiger charge is -2.08. The number of ketones is 1. The van der Waals surface area contributed by atoms with Crippen LogP contribution in [0.4, 0.5) is 5.69 Å². The molecule has 132 valence electrons. The summed E-state index contributed by atoms with van der Waals surface area (Å²) in [6.45, 7) is 1.67. The van der Waals surface area contributed by atoms with Crippen LogP contribution in [0.5, 0.6) is 0 Å². The van der Waals surface area contributed by atoms with Crippen LogP contribution >= 0.6 is 35.6 Å². The molecule has 0 atom stereocenters. The zero-order valence-electron chi connectivity index (χ0n) is 13.4. The van der Waals surface area contributed by atoms with Crippen molar-refractivity contribution < 1.29 is 4.79 Å². The summed E-state index contributed by atoms with van der Waals surface area (Å²) < 4.78 is 0. The Labute approximate surface area is 163 Å². The van der Waals surface area contributed by atoms with Crippen molar-refractivity contribution in [3.8, 4) is 0 Å². The van der Waals surface area contributed by atoms with Gasteiger partial charge in [0.25, 0.3) is 0 Å². The highest BCUT2D eigenvalue weighted by atomic mass is 35.5. The molecular weight excluding hydrogens is 381 g/mol. The minimum Gasteiger partial charge on any atom is -0.354 e. The van der Waals surface area contributed by atoms with Crippen LogP contribution in [0.3, 0.4) is 0 Å². The Morgan fingerprint density at radius 1 is 1.16 bits per heavy atom. The van der Waals surface area contributed by atoms with E-state index in [1.54, 1.807) is 18.2 Å². The van der Waals surface area contributed by atoms with E-state index in [0.29, 0.717) is 28.5 Å². The fraction of sp³-hybridized carbons (Fsp3) is 0.222. The number of nitrogens with zero attached hydrogens (tertiary/aromatic N) is 1. The van der Waals surface area contributed by atoms with Crippen molar-refractivity contribution in [1.82, 2.24) is 5.32 Å². The fourth-order valence-corrected chi connectivity index (χ4v) is 3.00. The number of aryl methyl sites for hydroxylation is 1. The van der Waals surface area contributed by atoms with Gasteiger partial charge in [-0.25, -0.2) is 0 Å². The Balaban J connectivity index is 0.00000225. The Hall–Kier alpha value is -1.75. The summed E-state index contributed by atoms with van der Waals surface area (Å²) in [6, 6.07) is 12.9. The smallest absolute Gasteiger partial charge is 0.195 e. The van der Waals surface area contributed by atoms with Crippen LogP contribution in [0.25, 0.3) is 0 Å². The fourth-order valence-electron chi connectivity index (χ4n) is 2.48. The van der Waals surface area contributed by atoms with Gasteiger partial charge < -0.3 is 10.6 Å². The van der Waals surface area contributed by atoms with E-state index >= 15 is 0 Å². The van der Waals surface area contributed by atoms with E-state index in [4.69, 9.17) is 23.2 Å². The molecule has 1 aliphatic rings. The maximum atomic E-state index is 12.3. The topological polar surface area (TPSA) is 53.5 Å². The predicted molar refractivity (Wildman–Crippen MR) is 107 cm³/mol. The van der Waals surface area contributed by atoms with E-state index in [2.05, 4.69) is 15.6 Å². The van der Waals surface area contributed by atoms with Crippen molar-refractivity contribution in [2.45, 2.75) is 12.8 Å². The maximum Gasteiger partial charge on any atom is 0.195 e. The first-order valence-corrected chi connectivity index (χ1v) is 8.50. The van der Waals surface area contributed by atoms with Crippen LogP contribution in [0.2, 0.25) is 10.0 Å². The predicted octanol–water partition coefficient (Wildman–Crippen LogP) is 4.60. The number of guanidine groups is 1. The maximum absolute atomic E-state index is 12.3. The second-order valence-corrected chi connectivity index (χ2v) is 6.37. The number of hydrogen-bond acceptors (Lipinski definition) is 4. The normalized spacial score (nSPS) is 12.8. The summed E-state index contributed by atoms with van der Waals surface area (Å²) in [7, 11) is 0. The molecule has 25 heavy (non-hydrogen) atoms. The number of nitrogens with one attached hydrogen (secondary N) is 2. The largest absolute Gasteiger partial charge is 0.354 e. The average molecular weight is 399 g/mol. The lowest BCUT2D eigenvalue weighted by atomic mass is 10.0. The molecule has 0 spiro atoms. The second kappa shape index (κ2) is 9.09. The van der Waals surface area contributed by atoms with Crippen LogP contribution in [0.15, 0.2) is 47.5 Å². The summed E-state index contributed by atoms with van der Waals surface area (Å²) in [5.41, 5.74) is 2.59. The number of rotatable bonds is 5. The molecule has 1 aliphatic heterocycles. The van der Waals surface area contributed by atoms with E-state index in [-0.39, 0.29) is 18.2 Å². The van der Waals surface area contributed by atoms with Gasteiger partial charge in [-0.05, 0) is 42.3 Å². The molecule has 3 rings (SSSR count). The van der Waals surface area contributed by atoms with E-state index in [1.165, 1.54) is 0 Å². The van der Waals surface area contributed by atoms with Crippen molar-refractivity contribution in [1.29, 1.82) is 0 Å². The number of carbonyl (C=O) groups is 1. The monoisotopic (exact) mass is 397 g/mol. The van der Waals surface area contributed by atoms with Gasteiger partial charge >= 0.3 is 0 Å². The van der Waals surface area contributed by atoms with Gasteiger partial charge in [0, 0.05) is 29.2 Å². The molecule has 2 N–H and O–H groups in total. The first kappa shape index (κ1) is 19.6. The first-order chi connectivity index (χ1) is 11.6. The number of Topliss-reactive ketones (excluding diaryl/α,β-unsaturated/α-hetero) is 1. The van der Waals surface area contributed by atoms with Crippen LogP contribution in [0.1, 0.15) is 22.3 Å². The van der Waals surface area contributed by atoms with E-state index < -0.39 is 0 Å². The number of halogens is 3. The third kappa shape index (κ3) is 5.36. The molecule has 0 saturated carbocycles. The second-order valence-electron chi connectivity index (χ2n) is 5.53. The Morgan fingerprint density at radius 3 is 2.56 bits per heavy atom. The lowest BCUT2D eigenvalue weighted by Crippen LogP contribution is -2.26. The van der Waals surface area contributed by atoms with Crippen molar-refractivity contribution >= 4 is 53.0 Å². The van der Waals surface area contributed by atoms with Gasteiger partial charge in [-0.3, -0.25) is 9.79 Å². The van der Waals surface area contributed by atoms with Gasteiger partial charge in [0.2, 0.25) is 0 Å². The molecule has 0 bridgehead atoms. The first-order valence-electron chi connectivity index (χ1n) is 7.74. The van der Waals surface area contributed by atoms with Gasteiger partial charge in [-0.15, -0.1) is 12.4 Å². The van der Waals surface area contributed by atoms with Crippen LogP contribution < -0.4 is 10.6 Å². The highest BCUT2D eigenvalue weighted by Crippen LogP contribution is 2.23. The van der Waals surface area contributed by atoms with Gasteiger partial charge in [-0.2, -0.15) is 0 Å². The van der Waals surface area contributed by atoms with Gasteiger partial charge in [0.05, 0.1) is 11.6 Å². The number of benzene rings is 2. The van der Waals surface area contributed by atoms with Gasteiger partial charge in [0.15, 0.2) is 11.7 Å². The molecule has 0 fully saturated rings. The molecule has 1 heterocycles.